The van der Waals surface area contributed by atoms with Crippen molar-refractivity contribution in [2.75, 3.05) is 30.1 Å². The summed E-state index contributed by atoms with van der Waals surface area (Å²) in [4.78, 5) is 18.6. The molecule has 6 heteroatoms. The first-order valence-corrected chi connectivity index (χ1v) is 8.97. The number of aromatic nitrogens is 1. The largest absolute Gasteiger partial charge is 0.378 e. The summed E-state index contributed by atoms with van der Waals surface area (Å²) in [7, 11) is 3.98. The van der Waals surface area contributed by atoms with Crippen LogP contribution in [0.2, 0.25) is 0 Å². The van der Waals surface area contributed by atoms with Gasteiger partial charge in [-0.1, -0.05) is 23.9 Å². The molecule has 1 N–H and O–H groups in total. The molecule has 0 saturated carbocycles. The number of rotatable bonds is 5. The Kier molecular flexibility index (Phi) is 4.83. The van der Waals surface area contributed by atoms with Gasteiger partial charge < -0.3 is 10.2 Å². The summed E-state index contributed by atoms with van der Waals surface area (Å²) in [6.07, 6.45) is 0. The lowest BCUT2D eigenvalue weighted by atomic mass is 10.2. The Labute approximate surface area is 143 Å². The zero-order chi connectivity index (χ0) is 16.2. The molecule has 0 aliphatic heterocycles. The molecule has 1 heterocycles. The minimum atomic E-state index is -0.0214. The van der Waals surface area contributed by atoms with Crippen LogP contribution in [0.5, 0.6) is 0 Å². The maximum Gasteiger partial charge on any atom is 0.234 e. The van der Waals surface area contributed by atoms with Crippen molar-refractivity contribution >= 4 is 50.6 Å². The van der Waals surface area contributed by atoms with Gasteiger partial charge in [-0.3, -0.25) is 4.79 Å². The first-order valence-electron chi connectivity index (χ1n) is 7.17. The van der Waals surface area contributed by atoms with E-state index in [4.69, 9.17) is 0 Å². The number of carbonyl (C=O) groups excluding carboxylic acids is 1. The number of fused-ring (bicyclic) bond motifs is 1. The first kappa shape index (κ1) is 15.8. The van der Waals surface area contributed by atoms with Gasteiger partial charge in [-0.15, -0.1) is 11.3 Å². The summed E-state index contributed by atoms with van der Waals surface area (Å²) in [5.41, 5.74) is 2.90. The molecule has 0 saturated heterocycles. The van der Waals surface area contributed by atoms with E-state index in [-0.39, 0.29) is 5.91 Å². The molecule has 1 amide bonds. The highest BCUT2D eigenvalue weighted by molar-refractivity contribution is 8.01. The van der Waals surface area contributed by atoms with Crippen molar-refractivity contribution in [3.63, 3.8) is 0 Å². The van der Waals surface area contributed by atoms with Crippen molar-refractivity contribution in [1.82, 2.24) is 4.98 Å². The number of carbonyl (C=O) groups is 1. The lowest BCUT2D eigenvalue weighted by Crippen LogP contribution is -2.14. The van der Waals surface area contributed by atoms with Crippen molar-refractivity contribution in [2.45, 2.75) is 4.34 Å². The van der Waals surface area contributed by atoms with Crippen LogP contribution in [0.1, 0.15) is 0 Å². The molecule has 0 aliphatic carbocycles. The van der Waals surface area contributed by atoms with E-state index in [1.807, 2.05) is 67.5 Å². The number of anilines is 2. The second-order valence-electron chi connectivity index (χ2n) is 5.23. The Morgan fingerprint density at radius 1 is 1.17 bits per heavy atom. The van der Waals surface area contributed by atoms with Crippen LogP contribution in [0.25, 0.3) is 10.2 Å². The third-order valence-electron chi connectivity index (χ3n) is 3.27. The normalized spacial score (nSPS) is 10.7. The Balaban J connectivity index is 1.56. The smallest absolute Gasteiger partial charge is 0.234 e. The number of thiazole rings is 1. The van der Waals surface area contributed by atoms with Gasteiger partial charge in [-0.2, -0.15) is 0 Å². The van der Waals surface area contributed by atoms with Crippen LogP contribution in [-0.2, 0) is 4.79 Å². The van der Waals surface area contributed by atoms with Gasteiger partial charge >= 0.3 is 0 Å². The minimum Gasteiger partial charge on any atom is -0.378 e. The Morgan fingerprint density at radius 3 is 2.61 bits per heavy atom. The van der Waals surface area contributed by atoms with E-state index in [2.05, 4.69) is 10.3 Å². The van der Waals surface area contributed by atoms with Crippen molar-refractivity contribution < 1.29 is 4.79 Å². The maximum atomic E-state index is 12.1. The monoisotopic (exact) mass is 343 g/mol. The molecule has 0 bridgehead atoms. The van der Waals surface area contributed by atoms with Crippen LogP contribution in [-0.4, -0.2) is 30.7 Å². The Bertz CT molecular complexity index is 779. The molecule has 0 radical (unpaired) electrons. The van der Waals surface area contributed by atoms with Gasteiger partial charge in [0.2, 0.25) is 5.91 Å². The van der Waals surface area contributed by atoms with Gasteiger partial charge in [0.1, 0.15) is 0 Å². The topological polar surface area (TPSA) is 45.2 Å². The summed E-state index contributed by atoms with van der Waals surface area (Å²) in [6.45, 7) is 0. The fourth-order valence-corrected chi connectivity index (χ4v) is 3.95. The van der Waals surface area contributed by atoms with Gasteiger partial charge in [0.15, 0.2) is 4.34 Å². The highest BCUT2D eigenvalue weighted by atomic mass is 32.2. The average Bonchev–Trinajstić information content (AvgIpc) is 2.96. The van der Waals surface area contributed by atoms with E-state index < -0.39 is 0 Å². The quantitative estimate of drug-likeness (QED) is 0.709. The molecule has 0 fully saturated rings. The first-order chi connectivity index (χ1) is 11.1. The predicted octanol–water partition coefficient (Wildman–Crippen LogP) is 4.09. The lowest BCUT2D eigenvalue weighted by Gasteiger charge is -2.12. The highest BCUT2D eigenvalue weighted by Crippen LogP contribution is 2.29. The van der Waals surface area contributed by atoms with Crippen LogP contribution in [0.3, 0.4) is 0 Å². The average molecular weight is 343 g/mol. The molecule has 3 aromatic rings. The number of nitrogens with zero attached hydrogens (tertiary/aromatic N) is 2. The molecule has 4 nitrogen and oxygen atoms in total. The molecule has 3 rings (SSSR count). The Hall–Kier alpha value is -2.05. The predicted molar refractivity (Wildman–Crippen MR) is 99.7 cm³/mol. The number of nitrogens with one attached hydrogen (secondary N) is 1. The number of benzene rings is 2. The third kappa shape index (κ3) is 4.03. The number of hydrogen-bond donors (Lipinski definition) is 1. The second-order valence-corrected chi connectivity index (χ2v) is 7.48. The highest BCUT2D eigenvalue weighted by Gasteiger charge is 2.08. The third-order valence-corrected chi connectivity index (χ3v) is 5.45. The van der Waals surface area contributed by atoms with Gasteiger partial charge in [-0.05, 0) is 36.4 Å². The molecular weight excluding hydrogens is 326 g/mol. The molecular formula is C17H17N3OS2. The van der Waals surface area contributed by atoms with Crippen molar-refractivity contribution in [1.29, 1.82) is 0 Å². The maximum absolute atomic E-state index is 12.1. The van der Waals surface area contributed by atoms with Crippen LogP contribution >= 0.6 is 23.1 Å². The number of hydrogen-bond acceptors (Lipinski definition) is 5. The second kappa shape index (κ2) is 7.02. The molecule has 0 aliphatic rings. The molecule has 0 unspecified atom stereocenters. The Morgan fingerprint density at radius 2 is 1.91 bits per heavy atom. The number of para-hydroxylation sites is 1. The summed E-state index contributed by atoms with van der Waals surface area (Å²) >= 11 is 3.09. The molecule has 23 heavy (non-hydrogen) atoms. The molecule has 1 aromatic heterocycles. The van der Waals surface area contributed by atoms with E-state index in [9.17, 15) is 4.79 Å². The summed E-state index contributed by atoms with van der Waals surface area (Å²) in [5.74, 6) is 0.335. The van der Waals surface area contributed by atoms with Crippen molar-refractivity contribution in [3.8, 4) is 0 Å². The van der Waals surface area contributed by atoms with Crippen LogP contribution in [0.4, 0.5) is 11.4 Å². The van der Waals surface area contributed by atoms with Crippen LogP contribution in [0, 0.1) is 0 Å². The van der Waals surface area contributed by atoms with E-state index in [0.717, 1.165) is 25.9 Å². The van der Waals surface area contributed by atoms with E-state index in [1.54, 1.807) is 11.3 Å². The van der Waals surface area contributed by atoms with E-state index in [0.29, 0.717) is 5.75 Å². The minimum absolute atomic E-state index is 0.0214. The van der Waals surface area contributed by atoms with Gasteiger partial charge in [0.05, 0.1) is 16.0 Å². The molecule has 2 aromatic carbocycles. The zero-order valence-electron chi connectivity index (χ0n) is 12.9. The van der Waals surface area contributed by atoms with Gasteiger partial charge in [0, 0.05) is 25.5 Å². The van der Waals surface area contributed by atoms with E-state index in [1.165, 1.54) is 11.8 Å². The summed E-state index contributed by atoms with van der Waals surface area (Å²) in [5, 5.41) is 2.91. The molecule has 118 valence electrons. The van der Waals surface area contributed by atoms with Crippen molar-refractivity contribution in [2.24, 2.45) is 0 Å². The summed E-state index contributed by atoms with van der Waals surface area (Å²) in [6, 6.07) is 15.8. The standard InChI is InChI=1S/C17H17N3OS2/c1-20(2)13-9-7-12(8-10-13)18-16(21)11-22-17-19-14-5-3-4-6-15(14)23-17/h3-10H,11H2,1-2H3,(H,18,21). The van der Waals surface area contributed by atoms with Crippen molar-refractivity contribution in [3.05, 3.63) is 48.5 Å². The SMILES string of the molecule is CN(C)c1ccc(NC(=O)CSc2nc3ccccc3s2)cc1. The van der Waals surface area contributed by atoms with E-state index >= 15 is 0 Å². The number of amides is 1. The lowest BCUT2D eigenvalue weighted by molar-refractivity contribution is -0.113. The number of thioether (sulfide) groups is 1. The fraction of sp³-hybridized carbons (Fsp3) is 0.176. The van der Waals surface area contributed by atoms with Crippen LogP contribution < -0.4 is 10.2 Å². The molecule has 0 spiro atoms. The van der Waals surface area contributed by atoms with Gasteiger partial charge in [-0.25, -0.2) is 4.98 Å². The van der Waals surface area contributed by atoms with Gasteiger partial charge in [0.25, 0.3) is 0 Å². The fourth-order valence-electron chi connectivity index (χ4n) is 2.08. The van der Waals surface area contributed by atoms with Crippen LogP contribution in [0.15, 0.2) is 52.9 Å². The molecule has 0 atom stereocenters. The summed E-state index contributed by atoms with van der Waals surface area (Å²) < 4.78 is 2.07. The zero-order valence-corrected chi connectivity index (χ0v) is 14.6.